The van der Waals surface area contributed by atoms with Crippen LogP contribution in [0.5, 0.6) is 0 Å². The minimum Gasteiger partial charge on any atom is -0.381 e. The van der Waals surface area contributed by atoms with Crippen LogP contribution in [0.25, 0.3) is 0 Å². The molecule has 0 aromatic heterocycles. The van der Waals surface area contributed by atoms with Crippen molar-refractivity contribution in [1.82, 2.24) is 0 Å². The van der Waals surface area contributed by atoms with E-state index in [-0.39, 0.29) is 0 Å². The molecule has 0 N–H and O–H groups in total. The second kappa shape index (κ2) is 8.33. The van der Waals surface area contributed by atoms with Crippen LogP contribution in [0.3, 0.4) is 0 Å². The zero-order valence-corrected chi connectivity index (χ0v) is 20.3. The Balaban J connectivity index is 1.48. The van der Waals surface area contributed by atoms with Crippen LogP contribution in [-0.4, -0.2) is 13.2 Å². The zero-order chi connectivity index (χ0) is 20.8. The molecule has 1 heteroatoms. The highest BCUT2D eigenvalue weighted by Gasteiger charge is 2.59. The maximum atomic E-state index is 5.75. The Morgan fingerprint density at radius 1 is 1.00 bits per heavy atom. The Bertz CT molecular complexity index is 605. The van der Waals surface area contributed by atoms with Crippen molar-refractivity contribution in [3.05, 3.63) is 11.6 Å². The normalized spacial score (nSPS) is 45.3. The average molecular weight is 401 g/mol. The van der Waals surface area contributed by atoms with E-state index in [2.05, 4.69) is 40.7 Å². The Kier molecular flexibility index (Phi) is 6.29. The predicted octanol–water partition coefficient (Wildman–Crippen LogP) is 8.04. The maximum absolute atomic E-state index is 5.75. The fraction of sp³-hybridized carbons (Fsp3) is 0.929. The first-order valence-corrected chi connectivity index (χ1v) is 13.0. The predicted molar refractivity (Wildman–Crippen MR) is 124 cm³/mol. The molecule has 0 aliphatic heterocycles. The Morgan fingerprint density at radius 3 is 2.52 bits per heavy atom. The van der Waals surface area contributed by atoms with Gasteiger partial charge < -0.3 is 4.74 Å². The van der Waals surface area contributed by atoms with Crippen molar-refractivity contribution in [2.24, 2.45) is 46.3 Å². The summed E-state index contributed by atoms with van der Waals surface area (Å²) >= 11 is 0. The van der Waals surface area contributed by atoms with Crippen LogP contribution in [0.2, 0.25) is 0 Å². The number of hydrogen-bond acceptors (Lipinski definition) is 1. The van der Waals surface area contributed by atoms with Gasteiger partial charge in [0, 0.05) is 7.11 Å². The van der Waals surface area contributed by atoms with Crippen molar-refractivity contribution in [1.29, 1.82) is 0 Å². The van der Waals surface area contributed by atoms with Gasteiger partial charge in [0.25, 0.3) is 0 Å². The first-order chi connectivity index (χ1) is 13.8. The van der Waals surface area contributed by atoms with E-state index in [4.69, 9.17) is 4.74 Å². The first kappa shape index (κ1) is 21.9. The van der Waals surface area contributed by atoms with Gasteiger partial charge >= 0.3 is 0 Å². The van der Waals surface area contributed by atoms with Crippen molar-refractivity contribution >= 4 is 0 Å². The van der Waals surface area contributed by atoms with Crippen LogP contribution in [0, 0.1) is 46.3 Å². The Morgan fingerprint density at radius 2 is 1.79 bits per heavy atom. The molecule has 8 atom stereocenters. The van der Waals surface area contributed by atoms with Gasteiger partial charge in [0.15, 0.2) is 0 Å². The molecule has 3 saturated carbocycles. The number of rotatable bonds is 6. The van der Waals surface area contributed by atoms with E-state index >= 15 is 0 Å². The van der Waals surface area contributed by atoms with Gasteiger partial charge in [0.1, 0.15) is 0 Å². The van der Waals surface area contributed by atoms with Gasteiger partial charge in [0.2, 0.25) is 0 Å². The van der Waals surface area contributed by atoms with Gasteiger partial charge in [-0.2, -0.15) is 0 Å². The third-order valence-electron chi connectivity index (χ3n) is 10.6. The largest absolute Gasteiger partial charge is 0.381 e. The molecular formula is C28H48O. The molecule has 4 aliphatic carbocycles. The van der Waals surface area contributed by atoms with Crippen LogP contribution in [0.4, 0.5) is 0 Å². The van der Waals surface area contributed by atoms with E-state index in [0.29, 0.717) is 16.9 Å². The molecule has 4 aliphatic rings. The van der Waals surface area contributed by atoms with E-state index in [0.717, 1.165) is 35.5 Å². The van der Waals surface area contributed by atoms with E-state index in [1.165, 1.54) is 70.6 Å². The van der Waals surface area contributed by atoms with Crippen molar-refractivity contribution < 1.29 is 4.74 Å². The summed E-state index contributed by atoms with van der Waals surface area (Å²) in [5.74, 6) is 5.63. The van der Waals surface area contributed by atoms with E-state index < -0.39 is 0 Å². The van der Waals surface area contributed by atoms with Gasteiger partial charge in [-0.25, -0.2) is 0 Å². The summed E-state index contributed by atoms with van der Waals surface area (Å²) in [5, 5.41) is 0. The highest BCUT2D eigenvalue weighted by molar-refractivity contribution is 5.25. The monoisotopic (exact) mass is 400 g/mol. The molecular weight excluding hydrogens is 352 g/mol. The zero-order valence-electron chi connectivity index (χ0n) is 20.3. The Labute approximate surface area is 181 Å². The molecule has 0 heterocycles. The highest BCUT2D eigenvalue weighted by Crippen LogP contribution is 2.67. The second-order valence-electron chi connectivity index (χ2n) is 12.4. The van der Waals surface area contributed by atoms with Crippen molar-refractivity contribution in [2.45, 2.75) is 111 Å². The molecule has 166 valence electrons. The molecule has 0 amide bonds. The van der Waals surface area contributed by atoms with Crippen molar-refractivity contribution in [2.75, 3.05) is 7.11 Å². The summed E-state index contributed by atoms with van der Waals surface area (Å²) in [6.45, 7) is 12.7. The minimum atomic E-state index is 0.472. The number of fused-ring (bicyclic) bond motifs is 5. The van der Waals surface area contributed by atoms with Crippen LogP contribution >= 0.6 is 0 Å². The average Bonchev–Trinajstić information content (AvgIpc) is 3.04. The van der Waals surface area contributed by atoms with Gasteiger partial charge in [-0.3, -0.25) is 0 Å². The summed E-state index contributed by atoms with van der Waals surface area (Å²) in [4.78, 5) is 0. The number of allylic oxidation sites excluding steroid dienone is 1. The molecule has 0 aromatic rings. The maximum Gasteiger partial charge on any atom is 0.0608 e. The molecule has 1 nitrogen and oxygen atoms in total. The molecule has 0 aromatic carbocycles. The molecule has 5 unspecified atom stereocenters. The summed E-state index contributed by atoms with van der Waals surface area (Å²) in [7, 11) is 1.91. The lowest BCUT2D eigenvalue weighted by Gasteiger charge is -2.58. The topological polar surface area (TPSA) is 9.23 Å². The molecule has 0 radical (unpaired) electrons. The lowest BCUT2D eigenvalue weighted by molar-refractivity contribution is -0.0601. The summed E-state index contributed by atoms with van der Waals surface area (Å²) in [6, 6.07) is 0. The lowest BCUT2D eigenvalue weighted by Crippen LogP contribution is -2.50. The van der Waals surface area contributed by atoms with Crippen LogP contribution in [0.15, 0.2) is 11.6 Å². The minimum absolute atomic E-state index is 0.472. The van der Waals surface area contributed by atoms with Crippen molar-refractivity contribution in [3.63, 3.8) is 0 Å². The number of hydrogen-bond donors (Lipinski definition) is 0. The van der Waals surface area contributed by atoms with Crippen LogP contribution in [0.1, 0.15) is 105 Å². The molecule has 0 spiro atoms. The van der Waals surface area contributed by atoms with Gasteiger partial charge in [-0.1, -0.05) is 65.5 Å². The van der Waals surface area contributed by atoms with Crippen LogP contribution in [-0.2, 0) is 4.74 Å². The standard InChI is InChI=1S/C28H48O/c1-19(2)8-7-9-20(3)24-12-13-25-23-11-10-21-18-22(29-6)14-16-27(21,4)26(23)15-17-28(24,25)5/h10,19-20,22-26H,7-9,11-18H2,1-6H3/t20-,22?,23?,24?,25?,26?,27+,28-/m1/s1. The first-order valence-electron chi connectivity index (χ1n) is 13.0. The third-order valence-corrected chi connectivity index (χ3v) is 10.6. The molecule has 4 rings (SSSR count). The number of ether oxygens (including phenoxy) is 1. The SMILES string of the molecule is COC1CC[C@@]2(C)C(=CCC3C4CCC([C@H](C)CCCC(C)C)[C@@]4(C)CCC32)C1. The third kappa shape index (κ3) is 3.77. The fourth-order valence-electron chi connectivity index (χ4n) is 8.85. The number of methoxy groups -OCH3 is 1. The highest BCUT2D eigenvalue weighted by atomic mass is 16.5. The van der Waals surface area contributed by atoms with E-state index in [1.807, 2.05) is 7.11 Å². The second-order valence-corrected chi connectivity index (χ2v) is 12.4. The van der Waals surface area contributed by atoms with E-state index in [1.54, 1.807) is 5.57 Å². The fourth-order valence-corrected chi connectivity index (χ4v) is 8.85. The van der Waals surface area contributed by atoms with Crippen LogP contribution < -0.4 is 0 Å². The summed E-state index contributed by atoms with van der Waals surface area (Å²) in [6.07, 6.45) is 18.7. The quantitative estimate of drug-likeness (QED) is 0.410. The Hall–Kier alpha value is -0.300. The molecule has 0 saturated heterocycles. The van der Waals surface area contributed by atoms with Gasteiger partial charge in [-0.15, -0.1) is 0 Å². The molecule has 29 heavy (non-hydrogen) atoms. The van der Waals surface area contributed by atoms with E-state index in [9.17, 15) is 0 Å². The smallest absolute Gasteiger partial charge is 0.0608 e. The summed E-state index contributed by atoms with van der Waals surface area (Å²) < 4.78 is 5.75. The molecule has 3 fully saturated rings. The summed E-state index contributed by atoms with van der Waals surface area (Å²) in [5.41, 5.74) is 2.85. The lowest BCUT2D eigenvalue weighted by atomic mass is 9.47. The molecule has 0 bridgehead atoms. The van der Waals surface area contributed by atoms with Gasteiger partial charge in [0.05, 0.1) is 6.10 Å². The van der Waals surface area contributed by atoms with Gasteiger partial charge in [-0.05, 0) is 97.7 Å². The van der Waals surface area contributed by atoms with Crippen molar-refractivity contribution in [3.8, 4) is 0 Å².